The number of ether oxygens (including phenoxy) is 2. The number of hydrogen-bond acceptors (Lipinski definition) is 6. The van der Waals surface area contributed by atoms with E-state index < -0.39 is 11.6 Å². The Kier molecular flexibility index (Phi) is 8.22. The molecule has 0 spiro atoms. The smallest absolute Gasteiger partial charge is 0.247 e. The number of carbonyl (C=O) groups is 2. The van der Waals surface area contributed by atoms with Crippen molar-refractivity contribution in [1.82, 2.24) is 25.2 Å². The fourth-order valence-corrected chi connectivity index (χ4v) is 3.59. The van der Waals surface area contributed by atoms with Crippen LogP contribution in [0.5, 0.6) is 5.75 Å². The standard InChI is InChI=1S/C25H33N5O4/c1-6-25(2,3)26-24(32)23(18-11-13-19(34-5)14-12-18)29(15-16-33-4)22(31)17-30-21-10-8-7-9-20(21)27-28-30/h7-14,23H,6,15-17H2,1-5H3,(H,26,32)/t23-/m1/s1. The van der Waals surface area contributed by atoms with Crippen LogP contribution in [0.3, 0.4) is 0 Å². The Morgan fingerprint density at radius 1 is 1.12 bits per heavy atom. The largest absolute Gasteiger partial charge is 0.497 e. The molecule has 2 amide bonds. The van der Waals surface area contributed by atoms with Crippen LogP contribution in [0.25, 0.3) is 11.0 Å². The van der Waals surface area contributed by atoms with Crippen LogP contribution in [0, 0.1) is 0 Å². The number of carbonyl (C=O) groups excluding carboxylic acids is 2. The average molecular weight is 468 g/mol. The summed E-state index contributed by atoms with van der Waals surface area (Å²) < 4.78 is 12.1. The van der Waals surface area contributed by atoms with Crippen LogP contribution in [-0.4, -0.2) is 64.6 Å². The van der Waals surface area contributed by atoms with Crippen molar-refractivity contribution < 1.29 is 19.1 Å². The van der Waals surface area contributed by atoms with Gasteiger partial charge >= 0.3 is 0 Å². The highest BCUT2D eigenvalue weighted by Crippen LogP contribution is 2.26. The third-order valence-electron chi connectivity index (χ3n) is 5.90. The maximum absolute atomic E-state index is 13.6. The molecule has 0 radical (unpaired) electrons. The first-order valence-electron chi connectivity index (χ1n) is 11.3. The van der Waals surface area contributed by atoms with Gasteiger partial charge in [0.2, 0.25) is 11.8 Å². The highest BCUT2D eigenvalue weighted by molar-refractivity contribution is 5.89. The van der Waals surface area contributed by atoms with E-state index in [1.807, 2.05) is 45.0 Å². The number of benzene rings is 2. The maximum Gasteiger partial charge on any atom is 0.247 e. The minimum absolute atomic E-state index is 0.0542. The summed E-state index contributed by atoms with van der Waals surface area (Å²) in [5.41, 5.74) is 1.70. The van der Waals surface area contributed by atoms with Crippen LogP contribution in [0.2, 0.25) is 0 Å². The number of fused-ring (bicyclic) bond motifs is 1. The molecule has 0 saturated heterocycles. The van der Waals surface area contributed by atoms with Crippen molar-refractivity contribution in [3.05, 3.63) is 54.1 Å². The van der Waals surface area contributed by atoms with Gasteiger partial charge in [-0.15, -0.1) is 5.10 Å². The summed E-state index contributed by atoms with van der Waals surface area (Å²) in [6.45, 7) is 6.38. The Bertz CT molecular complexity index is 1110. The first-order chi connectivity index (χ1) is 16.3. The molecule has 3 aromatic rings. The molecule has 0 fully saturated rings. The van der Waals surface area contributed by atoms with E-state index in [0.717, 1.165) is 11.9 Å². The average Bonchev–Trinajstić information content (AvgIpc) is 3.24. The number of nitrogens with zero attached hydrogens (tertiary/aromatic N) is 4. The first kappa shape index (κ1) is 25.2. The molecule has 0 saturated carbocycles. The first-order valence-corrected chi connectivity index (χ1v) is 11.3. The predicted molar refractivity (Wildman–Crippen MR) is 129 cm³/mol. The molecule has 0 unspecified atom stereocenters. The molecule has 1 N–H and O–H groups in total. The van der Waals surface area contributed by atoms with E-state index >= 15 is 0 Å². The molecule has 0 aliphatic heterocycles. The summed E-state index contributed by atoms with van der Waals surface area (Å²) in [5, 5.41) is 11.4. The monoisotopic (exact) mass is 467 g/mol. The van der Waals surface area contributed by atoms with E-state index in [9.17, 15) is 9.59 Å². The van der Waals surface area contributed by atoms with Gasteiger partial charge < -0.3 is 19.7 Å². The van der Waals surface area contributed by atoms with E-state index in [1.54, 1.807) is 48.1 Å². The number of methoxy groups -OCH3 is 2. The highest BCUT2D eigenvalue weighted by atomic mass is 16.5. The second-order valence-corrected chi connectivity index (χ2v) is 8.72. The van der Waals surface area contributed by atoms with Gasteiger partial charge in [-0.05, 0) is 50.1 Å². The van der Waals surface area contributed by atoms with Crippen LogP contribution < -0.4 is 10.1 Å². The summed E-state index contributed by atoms with van der Waals surface area (Å²) in [5.74, 6) is 0.142. The zero-order valence-corrected chi connectivity index (χ0v) is 20.4. The number of hydrogen-bond donors (Lipinski definition) is 1. The number of rotatable bonds is 11. The van der Waals surface area contributed by atoms with E-state index in [-0.39, 0.29) is 31.5 Å². The normalized spacial score (nSPS) is 12.4. The summed E-state index contributed by atoms with van der Waals surface area (Å²) in [7, 11) is 3.15. The van der Waals surface area contributed by atoms with Gasteiger partial charge in [0.05, 0.1) is 19.2 Å². The molecule has 1 heterocycles. The van der Waals surface area contributed by atoms with Crippen molar-refractivity contribution in [3.8, 4) is 5.75 Å². The third-order valence-corrected chi connectivity index (χ3v) is 5.90. The lowest BCUT2D eigenvalue weighted by molar-refractivity contribution is -0.142. The zero-order chi connectivity index (χ0) is 24.7. The number of nitrogens with one attached hydrogen (secondary N) is 1. The molecule has 0 aliphatic rings. The predicted octanol–water partition coefficient (Wildman–Crippen LogP) is 2.96. The number of aromatic nitrogens is 3. The Morgan fingerprint density at radius 3 is 2.47 bits per heavy atom. The lowest BCUT2D eigenvalue weighted by atomic mass is 9.98. The van der Waals surface area contributed by atoms with Crippen molar-refractivity contribution >= 4 is 22.8 Å². The van der Waals surface area contributed by atoms with Gasteiger partial charge in [-0.3, -0.25) is 9.59 Å². The molecule has 1 aromatic heterocycles. The number of para-hydroxylation sites is 1. The molecule has 9 heteroatoms. The van der Waals surface area contributed by atoms with Crippen molar-refractivity contribution in [3.63, 3.8) is 0 Å². The second kappa shape index (κ2) is 11.1. The topological polar surface area (TPSA) is 98.6 Å². The quantitative estimate of drug-likeness (QED) is 0.466. The van der Waals surface area contributed by atoms with Crippen molar-refractivity contribution in [2.24, 2.45) is 0 Å². The van der Waals surface area contributed by atoms with Crippen LogP contribution in [0.4, 0.5) is 0 Å². The summed E-state index contributed by atoms with van der Waals surface area (Å²) >= 11 is 0. The van der Waals surface area contributed by atoms with Gasteiger partial charge in [0.15, 0.2) is 0 Å². The van der Waals surface area contributed by atoms with E-state index in [1.165, 1.54) is 0 Å². The van der Waals surface area contributed by atoms with Gasteiger partial charge in [-0.2, -0.15) is 0 Å². The van der Waals surface area contributed by atoms with Crippen molar-refractivity contribution in [2.45, 2.75) is 45.3 Å². The lowest BCUT2D eigenvalue weighted by Crippen LogP contribution is -2.51. The highest BCUT2D eigenvalue weighted by Gasteiger charge is 2.34. The van der Waals surface area contributed by atoms with Gasteiger partial charge in [0.1, 0.15) is 23.9 Å². The molecule has 0 aliphatic carbocycles. The fraction of sp³-hybridized carbons (Fsp3) is 0.440. The SMILES string of the molecule is CCC(C)(C)NC(=O)[C@@H](c1ccc(OC)cc1)N(CCOC)C(=O)Cn1nnc2ccccc21. The molecule has 182 valence electrons. The Balaban J connectivity index is 1.98. The molecule has 3 rings (SSSR count). The molecule has 9 nitrogen and oxygen atoms in total. The fourth-order valence-electron chi connectivity index (χ4n) is 3.59. The minimum atomic E-state index is -0.853. The van der Waals surface area contributed by atoms with Crippen LogP contribution >= 0.6 is 0 Å². The van der Waals surface area contributed by atoms with Gasteiger partial charge in [-0.25, -0.2) is 4.68 Å². The van der Waals surface area contributed by atoms with Gasteiger partial charge in [0.25, 0.3) is 0 Å². The molecular weight excluding hydrogens is 434 g/mol. The molecule has 0 bridgehead atoms. The third kappa shape index (κ3) is 5.91. The van der Waals surface area contributed by atoms with Crippen molar-refractivity contribution in [1.29, 1.82) is 0 Å². The number of amides is 2. The Hall–Kier alpha value is -3.46. The van der Waals surface area contributed by atoms with E-state index in [0.29, 0.717) is 16.8 Å². The van der Waals surface area contributed by atoms with Crippen molar-refractivity contribution in [2.75, 3.05) is 27.4 Å². The Morgan fingerprint density at radius 2 is 1.82 bits per heavy atom. The molecule has 2 aromatic carbocycles. The van der Waals surface area contributed by atoms with Gasteiger partial charge in [0, 0.05) is 19.2 Å². The molecular formula is C25H33N5O4. The molecule has 34 heavy (non-hydrogen) atoms. The zero-order valence-electron chi connectivity index (χ0n) is 20.4. The van der Waals surface area contributed by atoms with Gasteiger partial charge in [-0.1, -0.05) is 36.4 Å². The molecule has 1 atom stereocenters. The lowest BCUT2D eigenvalue weighted by Gasteiger charge is -2.34. The second-order valence-electron chi connectivity index (χ2n) is 8.72. The van der Waals surface area contributed by atoms with Crippen LogP contribution in [0.15, 0.2) is 48.5 Å². The van der Waals surface area contributed by atoms with Crippen LogP contribution in [-0.2, 0) is 20.9 Å². The summed E-state index contributed by atoms with van der Waals surface area (Å²) in [6.07, 6.45) is 0.741. The van der Waals surface area contributed by atoms with E-state index in [2.05, 4.69) is 15.6 Å². The minimum Gasteiger partial charge on any atom is -0.497 e. The van der Waals surface area contributed by atoms with Crippen LogP contribution in [0.1, 0.15) is 38.8 Å². The van der Waals surface area contributed by atoms with E-state index in [4.69, 9.17) is 9.47 Å². The maximum atomic E-state index is 13.6. The summed E-state index contributed by atoms with van der Waals surface area (Å²) in [4.78, 5) is 28.7. The summed E-state index contributed by atoms with van der Waals surface area (Å²) in [6, 6.07) is 13.8. The Labute approximate surface area is 200 Å².